The molecule has 2 N–H and O–H groups in total. The van der Waals surface area contributed by atoms with E-state index >= 15 is 0 Å². The van der Waals surface area contributed by atoms with E-state index in [1.807, 2.05) is 24.3 Å². The van der Waals surface area contributed by atoms with Gasteiger partial charge in [-0.25, -0.2) is 0 Å². The molecule has 174 valence electrons. The van der Waals surface area contributed by atoms with Crippen LogP contribution >= 0.6 is 12.2 Å². The van der Waals surface area contributed by atoms with E-state index in [2.05, 4.69) is 38.3 Å². The first-order valence-electron chi connectivity index (χ1n) is 10.9. The number of hydrogen-bond donors (Lipinski definition) is 2. The van der Waals surface area contributed by atoms with Crippen LogP contribution in [0.1, 0.15) is 50.0 Å². The van der Waals surface area contributed by atoms with Gasteiger partial charge in [0.2, 0.25) is 0 Å². The standard InChI is InChI=1S/C25H34N2O4S/c1-17(2)12-13-30-22-11-10-19(14-23(22)29-5)15-26-25(32)27-24(28)20-8-6-7-9-21(20)31-16-18(3)4/h6-11,14,17-18H,12-13,15-16H2,1-5H3,(H2,26,27,28,32). The van der Waals surface area contributed by atoms with Gasteiger partial charge < -0.3 is 19.5 Å². The summed E-state index contributed by atoms with van der Waals surface area (Å²) in [5.41, 5.74) is 1.40. The molecule has 0 aliphatic rings. The zero-order valence-corrected chi connectivity index (χ0v) is 20.4. The SMILES string of the molecule is COc1cc(CNC(=S)NC(=O)c2ccccc2OCC(C)C)ccc1OCCC(C)C. The van der Waals surface area contributed by atoms with Crippen molar-refractivity contribution >= 4 is 23.2 Å². The number of benzene rings is 2. The third-order valence-corrected chi connectivity index (χ3v) is 4.81. The molecule has 0 saturated carbocycles. The van der Waals surface area contributed by atoms with E-state index < -0.39 is 0 Å². The molecule has 32 heavy (non-hydrogen) atoms. The number of ether oxygens (including phenoxy) is 3. The van der Waals surface area contributed by atoms with Crippen LogP contribution in [0.3, 0.4) is 0 Å². The zero-order chi connectivity index (χ0) is 23.5. The molecule has 2 aromatic carbocycles. The molecular weight excluding hydrogens is 424 g/mol. The number of thiocarbonyl (C=S) groups is 1. The first-order chi connectivity index (χ1) is 15.3. The monoisotopic (exact) mass is 458 g/mol. The molecular formula is C25H34N2O4S. The van der Waals surface area contributed by atoms with Crippen LogP contribution in [0.15, 0.2) is 42.5 Å². The average Bonchev–Trinajstić information content (AvgIpc) is 2.76. The van der Waals surface area contributed by atoms with Crippen molar-refractivity contribution < 1.29 is 19.0 Å². The number of rotatable bonds is 11. The van der Waals surface area contributed by atoms with Gasteiger partial charge in [0.15, 0.2) is 16.6 Å². The molecule has 0 aromatic heterocycles. The second-order valence-electron chi connectivity index (χ2n) is 8.35. The number of carbonyl (C=O) groups excluding carboxylic acids is 1. The minimum Gasteiger partial charge on any atom is -0.493 e. The second kappa shape index (κ2) is 12.9. The summed E-state index contributed by atoms with van der Waals surface area (Å²) >= 11 is 5.31. The van der Waals surface area contributed by atoms with Gasteiger partial charge in [0.25, 0.3) is 5.91 Å². The van der Waals surface area contributed by atoms with Crippen LogP contribution in [0, 0.1) is 11.8 Å². The number of carbonyl (C=O) groups is 1. The van der Waals surface area contributed by atoms with Crippen LogP contribution in [-0.4, -0.2) is 31.3 Å². The van der Waals surface area contributed by atoms with Crippen LogP contribution in [0.2, 0.25) is 0 Å². The minimum atomic E-state index is -0.312. The van der Waals surface area contributed by atoms with E-state index in [-0.39, 0.29) is 11.0 Å². The Morgan fingerprint density at radius 1 is 0.969 bits per heavy atom. The fourth-order valence-corrected chi connectivity index (χ4v) is 2.94. The van der Waals surface area contributed by atoms with Gasteiger partial charge in [-0.15, -0.1) is 0 Å². The fraction of sp³-hybridized carbons (Fsp3) is 0.440. The summed E-state index contributed by atoms with van der Waals surface area (Å²) in [5.74, 6) is 2.55. The third kappa shape index (κ3) is 8.38. The highest BCUT2D eigenvalue weighted by Crippen LogP contribution is 2.28. The van der Waals surface area contributed by atoms with Gasteiger partial charge >= 0.3 is 0 Å². The molecule has 2 rings (SSSR count). The number of nitrogens with one attached hydrogen (secondary N) is 2. The molecule has 0 saturated heterocycles. The summed E-state index contributed by atoms with van der Waals surface area (Å²) < 4.78 is 17.0. The topological polar surface area (TPSA) is 68.8 Å². The molecule has 0 unspecified atom stereocenters. The van der Waals surface area contributed by atoms with E-state index in [1.165, 1.54) is 0 Å². The number of para-hydroxylation sites is 1. The molecule has 0 radical (unpaired) electrons. The van der Waals surface area contributed by atoms with Gasteiger partial charge in [-0.3, -0.25) is 10.1 Å². The Labute approximate surface area is 196 Å². The molecule has 0 fully saturated rings. The van der Waals surface area contributed by atoms with Crippen molar-refractivity contribution in [3.8, 4) is 17.2 Å². The van der Waals surface area contributed by atoms with Crippen LogP contribution in [0.5, 0.6) is 17.2 Å². The Bertz CT molecular complexity index is 899. The van der Waals surface area contributed by atoms with Gasteiger partial charge in [0.05, 0.1) is 25.9 Å². The Morgan fingerprint density at radius 3 is 2.41 bits per heavy atom. The lowest BCUT2D eigenvalue weighted by molar-refractivity contribution is 0.0972. The molecule has 0 atom stereocenters. The molecule has 0 heterocycles. The predicted octanol–water partition coefficient (Wildman–Crippen LogP) is 4.96. The summed E-state index contributed by atoms with van der Waals surface area (Å²) in [4.78, 5) is 12.7. The lowest BCUT2D eigenvalue weighted by Crippen LogP contribution is -2.39. The second-order valence-corrected chi connectivity index (χ2v) is 8.76. The van der Waals surface area contributed by atoms with Crippen LogP contribution in [0.4, 0.5) is 0 Å². The van der Waals surface area contributed by atoms with Crippen LogP contribution < -0.4 is 24.8 Å². The van der Waals surface area contributed by atoms with Crippen molar-refractivity contribution in [2.24, 2.45) is 11.8 Å². The minimum absolute atomic E-state index is 0.241. The summed E-state index contributed by atoms with van der Waals surface area (Å²) in [5, 5.41) is 6.02. The predicted molar refractivity (Wildman–Crippen MR) is 132 cm³/mol. The van der Waals surface area contributed by atoms with Gasteiger partial charge in [-0.2, -0.15) is 0 Å². The number of methoxy groups -OCH3 is 1. The maximum absolute atomic E-state index is 12.7. The molecule has 1 amide bonds. The highest BCUT2D eigenvalue weighted by Gasteiger charge is 2.14. The molecule has 0 bridgehead atoms. The lowest BCUT2D eigenvalue weighted by Gasteiger charge is -2.15. The van der Waals surface area contributed by atoms with E-state index in [4.69, 9.17) is 26.4 Å². The Morgan fingerprint density at radius 2 is 1.72 bits per heavy atom. The quantitative estimate of drug-likeness (QED) is 0.464. The smallest absolute Gasteiger partial charge is 0.261 e. The highest BCUT2D eigenvalue weighted by atomic mass is 32.1. The van der Waals surface area contributed by atoms with Gasteiger partial charge in [0, 0.05) is 6.54 Å². The molecule has 6 nitrogen and oxygen atoms in total. The van der Waals surface area contributed by atoms with Crippen molar-refractivity contribution in [3.05, 3.63) is 53.6 Å². The molecule has 0 aliphatic carbocycles. The van der Waals surface area contributed by atoms with Gasteiger partial charge in [-0.1, -0.05) is 45.9 Å². The van der Waals surface area contributed by atoms with Crippen LogP contribution in [0.25, 0.3) is 0 Å². The van der Waals surface area contributed by atoms with E-state index in [0.29, 0.717) is 54.4 Å². The summed E-state index contributed by atoms with van der Waals surface area (Å²) in [7, 11) is 1.62. The molecule has 0 spiro atoms. The summed E-state index contributed by atoms with van der Waals surface area (Å²) in [6.45, 7) is 10.0. The Kier molecular flexibility index (Phi) is 10.3. The number of amides is 1. The van der Waals surface area contributed by atoms with Crippen molar-refractivity contribution in [1.82, 2.24) is 10.6 Å². The van der Waals surface area contributed by atoms with Crippen molar-refractivity contribution in [3.63, 3.8) is 0 Å². The van der Waals surface area contributed by atoms with E-state index in [9.17, 15) is 4.79 Å². The molecule has 7 heteroatoms. The zero-order valence-electron chi connectivity index (χ0n) is 19.6. The summed E-state index contributed by atoms with van der Waals surface area (Å²) in [6, 6.07) is 12.9. The molecule has 0 aliphatic heterocycles. The summed E-state index contributed by atoms with van der Waals surface area (Å²) in [6.07, 6.45) is 0.978. The maximum Gasteiger partial charge on any atom is 0.261 e. The van der Waals surface area contributed by atoms with E-state index in [0.717, 1.165) is 12.0 Å². The highest BCUT2D eigenvalue weighted by molar-refractivity contribution is 7.80. The number of hydrogen-bond acceptors (Lipinski definition) is 5. The molecule has 2 aromatic rings. The normalized spacial score (nSPS) is 10.7. The van der Waals surface area contributed by atoms with Gasteiger partial charge in [0.1, 0.15) is 5.75 Å². The van der Waals surface area contributed by atoms with Crippen molar-refractivity contribution in [2.75, 3.05) is 20.3 Å². The average molecular weight is 459 g/mol. The first-order valence-corrected chi connectivity index (χ1v) is 11.3. The van der Waals surface area contributed by atoms with Gasteiger partial charge in [-0.05, 0) is 60.3 Å². The van der Waals surface area contributed by atoms with Crippen molar-refractivity contribution in [2.45, 2.75) is 40.7 Å². The fourth-order valence-electron chi connectivity index (χ4n) is 2.78. The lowest BCUT2D eigenvalue weighted by atomic mass is 10.1. The first kappa shape index (κ1) is 25.5. The van der Waals surface area contributed by atoms with Crippen LogP contribution in [-0.2, 0) is 6.54 Å². The maximum atomic E-state index is 12.7. The largest absolute Gasteiger partial charge is 0.493 e. The van der Waals surface area contributed by atoms with E-state index in [1.54, 1.807) is 25.3 Å². The van der Waals surface area contributed by atoms with Crippen molar-refractivity contribution in [1.29, 1.82) is 0 Å². The Hall–Kier alpha value is -2.80. The Balaban J connectivity index is 1.92. The third-order valence-electron chi connectivity index (χ3n) is 4.56.